The Morgan fingerprint density at radius 2 is 2.28 bits per heavy atom. The molecule has 0 atom stereocenters. The molecule has 98 valence electrons. The molecule has 0 aliphatic carbocycles. The molecule has 2 rings (SSSR count). The number of aromatic nitrogens is 1. The molecule has 0 spiro atoms. The van der Waals surface area contributed by atoms with E-state index in [1.54, 1.807) is 6.20 Å². The van der Waals surface area contributed by atoms with E-state index in [1.807, 2.05) is 13.0 Å². The van der Waals surface area contributed by atoms with Crippen LogP contribution in [0.15, 0.2) is 12.3 Å². The number of hydrogen-bond acceptors (Lipinski definition) is 4. The van der Waals surface area contributed by atoms with E-state index in [4.69, 9.17) is 22.7 Å². The molecule has 0 bridgehead atoms. The molecule has 1 fully saturated rings. The predicted molar refractivity (Wildman–Crippen MR) is 77.1 cm³/mol. The van der Waals surface area contributed by atoms with Crippen molar-refractivity contribution in [3.8, 4) is 0 Å². The zero-order valence-corrected chi connectivity index (χ0v) is 11.9. The molecule has 18 heavy (non-hydrogen) atoms. The number of nitrogens with zero attached hydrogens (tertiary/aromatic N) is 2. The SMILES string of the molecule is Cc1ccnc(N2CCOC(C)(C)C2)c1C(N)=S. The minimum atomic E-state index is -0.169. The van der Waals surface area contributed by atoms with Crippen molar-refractivity contribution in [2.24, 2.45) is 5.73 Å². The molecule has 1 aromatic heterocycles. The van der Waals surface area contributed by atoms with E-state index >= 15 is 0 Å². The Hall–Kier alpha value is -1.20. The number of hydrogen-bond donors (Lipinski definition) is 1. The summed E-state index contributed by atoms with van der Waals surface area (Å²) in [6.07, 6.45) is 1.80. The maximum Gasteiger partial charge on any atom is 0.139 e. The van der Waals surface area contributed by atoms with Gasteiger partial charge in [-0.05, 0) is 32.4 Å². The van der Waals surface area contributed by atoms with E-state index in [2.05, 4.69) is 23.7 Å². The van der Waals surface area contributed by atoms with Gasteiger partial charge in [0.1, 0.15) is 10.8 Å². The van der Waals surface area contributed by atoms with Crippen molar-refractivity contribution in [3.63, 3.8) is 0 Å². The number of ether oxygens (including phenoxy) is 1. The first-order valence-electron chi connectivity index (χ1n) is 6.05. The Labute approximate surface area is 113 Å². The summed E-state index contributed by atoms with van der Waals surface area (Å²) >= 11 is 5.14. The van der Waals surface area contributed by atoms with Crippen molar-refractivity contribution in [1.82, 2.24) is 4.98 Å². The zero-order valence-electron chi connectivity index (χ0n) is 11.1. The molecule has 5 heteroatoms. The molecular weight excluding hydrogens is 246 g/mol. The van der Waals surface area contributed by atoms with Crippen LogP contribution in [0.4, 0.5) is 5.82 Å². The van der Waals surface area contributed by atoms with Gasteiger partial charge in [0.2, 0.25) is 0 Å². The van der Waals surface area contributed by atoms with Gasteiger partial charge in [-0.15, -0.1) is 0 Å². The van der Waals surface area contributed by atoms with Gasteiger partial charge in [-0.3, -0.25) is 0 Å². The molecule has 0 amide bonds. The average Bonchev–Trinajstić information content (AvgIpc) is 2.26. The molecule has 1 saturated heterocycles. The maximum absolute atomic E-state index is 5.82. The van der Waals surface area contributed by atoms with Gasteiger partial charge in [0, 0.05) is 19.3 Å². The number of anilines is 1. The summed E-state index contributed by atoms with van der Waals surface area (Å²) in [6, 6.07) is 1.93. The Balaban J connectivity index is 2.39. The zero-order chi connectivity index (χ0) is 13.3. The fourth-order valence-corrected chi connectivity index (χ4v) is 2.54. The van der Waals surface area contributed by atoms with Crippen LogP contribution in [0.25, 0.3) is 0 Å². The highest BCUT2D eigenvalue weighted by atomic mass is 32.1. The summed E-state index contributed by atoms with van der Waals surface area (Å²) in [4.78, 5) is 7.05. The second-order valence-electron chi connectivity index (χ2n) is 5.22. The smallest absolute Gasteiger partial charge is 0.139 e. The Morgan fingerprint density at radius 1 is 1.56 bits per heavy atom. The highest BCUT2D eigenvalue weighted by Gasteiger charge is 2.29. The monoisotopic (exact) mass is 265 g/mol. The number of rotatable bonds is 2. The predicted octanol–water partition coefficient (Wildman–Crippen LogP) is 1.64. The van der Waals surface area contributed by atoms with Gasteiger partial charge in [-0.1, -0.05) is 12.2 Å². The van der Waals surface area contributed by atoms with E-state index < -0.39 is 0 Å². The molecule has 0 unspecified atom stereocenters. The molecule has 1 aromatic rings. The first-order chi connectivity index (χ1) is 8.41. The Bertz CT molecular complexity index is 473. The second-order valence-corrected chi connectivity index (χ2v) is 5.66. The first-order valence-corrected chi connectivity index (χ1v) is 6.46. The van der Waals surface area contributed by atoms with Gasteiger partial charge < -0.3 is 15.4 Å². The molecule has 2 heterocycles. The third-order valence-electron chi connectivity index (χ3n) is 3.11. The topological polar surface area (TPSA) is 51.4 Å². The summed E-state index contributed by atoms with van der Waals surface area (Å²) in [5, 5.41) is 0. The van der Waals surface area contributed by atoms with Crippen LogP contribution >= 0.6 is 12.2 Å². The summed E-state index contributed by atoms with van der Waals surface area (Å²) in [5.74, 6) is 0.874. The van der Waals surface area contributed by atoms with Gasteiger partial charge in [0.25, 0.3) is 0 Å². The highest BCUT2D eigenvalue weighted by molar-refractivity contribution is 7.80. The molecule has 0 saturated carbocycles. The number of nitrogens with two attached hydrogens (primary N) is 1. The molecular formula is C13H19N3OS. The third-order valence-corrected chi connectivity index (χ3v) is 3.32. The Kier molecular flexibility index (Phi) is 3.54. The second kappa shape index (κ2) is 4.82. The van der Waals surface area contributed by atoms with Crippen LogP contribution in [-0.4, -0.2) is 35.3 Å². The largest absolute Gasteiger partial charge is 0.389 e. The molecule has 0 aromatic carbocycles. The summed E-state index contributed by atoms with van der Waals surface area (Å²) in [5.41, 5.74) is 7.60. The highest BCUT2D eigenvalue weighted by Crippen LogP contribution is 2.26. The Morgan fingerprint density at radius 3 is 2.89 bits per heavy atom. The van der Waals surface area contributed by atoms with Crippen LogP contribution in [0, 0.1) is 6.92 Å². The van der Waals surface area contributed by atoms with Crippen LogP contribution in [-0.2, 0) is 4.74 Å². The number of thiocarbonyl (C=S) groups is 1. The summed E-state index contributed by atoms with van der Waals surface area (Å²) in [6.45, 7) is 8.46. The standard InChI is InChI=1S/C13H19N3OS/c1-9-4-5-15-12(10(9)11(14)18)16-6-7-17-13(2,3)8-16/h4-5H,6-8H2,1-3H3,(H2,14,18). The average molecular weight is 265 g/mol. The fraction of sp³-hybridized carbons (Fsp3) is 0.538. The third kappa shape index (κ3) is 2.62. The van der Waals surface area contributed by atoms with Crippen molar-refractivity contribution >= 4 is 23.0 Å². The van der Waals surface area contributed by atoms with E-state index in [0.29, 0.717) is 11.6 Å². The lowest BCUT2D eigenvalue weighted by atomic mass is 10.1. The number of morpholine rings is 1. The van der Waals surface area contributed by atoms with Gasteiger partial charge in [-0.25, -0.2) is 4.98 Å². The molecule has 2 N–H and O–H groups in total. The normalized spacial score (nSPS) is 18.7. The van der Waals surface area contributed by atoms with Crippen molar-refractivity contribution in [3.05, 3.63) is 23.4 Å². The van der Waals surface area contributed by atoms with Gasteiger partial charge in [-0.2, -0.15) is 0 Å². The van der Waals surface area contributed by atoms with Crippen LogP contribution in [0.3, 0.4) is 0 Å². The molecule has 1 aliphatic heterocycles. The van der Waals surface area contributed by atoms with E-state index in [1.165, 1.54) is 0 Å². The lowest BCUT2D eigenvalue weighted by Gasteiger charge is -2.39. The number of aryl methyl sites for hydroxylation is 1. The quantitative estimate of drug-likeness (QED) is 0.824. The fourth-order valence-electron chi connectivity index (χ4n) is 2.29. The minimum absolute atomic E-state index is 0.169. The maximum atomic E-state index is 5.82. The minimum Gasteiger partial charge on any atom is -0.389 e. The lowest BCUT2D eigenvalue weighted by molar-refractivity contribution is -0.0279. The van der Waals surface area contributed by atoms with Crippen molar-refractivity contribution < 1.29 is 4.74 Å². The van der Waals surface area contributed by atoms with Gasteiger partial charge in [0.05, 0.1) is 17.8 Å². The van der Waals surface area contributed by atoms with Gasteiger partial charge in [0.15, 0.2) is 0 Å². The number of pyridine rings is 1. The van der Waals surface area contributed by atoms with E-state index in [9.17, 15) is 0 Å². The molecule has 4 nitrogen and oxygen atoms in total. The molecule has 1 aliphatic rings. The van der Waals surface area contributed by atoms with E-state index in [0.717, 1.165) is 30.0 Å². The van der Waals surface area contributed by atoms with Crippen LogP contribution < -0.4 is 10.6 Å². The van der Waals surface area contributed by atoms with Gasteiger partial charge >= 0.3 is 0 Å². The first kappa shape index (κ1) is 13.2. The van der Waals surface area contributed by atoms with Crippen LogP contribution in [0.1, 0.15) is 25.0 Å². The van der Waals surface area contributed by atoms with Crippen LogP contribution in [0.2, 0.25) is 0 Å². The summed E-state index contributed by atoms with van der Waals surface area (Å²) < 4.78 is 5.71. The van der Waals surface area contributed by atoms with Crippen molar-refractivity contribution in [1.29, 1.82) is 0 Å². The van der Waals surface area contributed by atoms with E-state index in [-0.39, 0.29) is 5.60 Å². The van der Waals surface area contributed by atoms with Crippen LogP contribution in [0.5, 0.6) is 0 Å². The van der Waals surface area contributed by atoms with Crippen molar-refractivity contribution in [2.45, 2.75) is 26.4 Å². The summed E-state index contributed by atoms with van der Waals surface area (Å²) in [7, 11) is 0. The van der Waals surface area contributed by atoms with Crippen molar-refractivity contribution in [2.75, 3.05) is 24.6 Å². The molecule has 0 radical (unpaired) electrons. The lowest BCUT2D eigenvalue weighted by Crippen LogP contribution is -2.49.